The van der Waals surface area contributed by atoms with Gasteiger partial charge in [-0.2, -0.15) is 0 Å². The van der Waals surface area contributed by atoms with Crippen molar-refractivity contribution in [2.75, 3.05) is 10.2 Å². The van der Waals surface area contributed by atoms with E-state index in [2.05, 4.69) is 34.6 Å². The molecule has 1 unspecified atom stereocenters. The second kappa shape index (κ2) is 6.54. The van der Waals surface area contributed by atoms with Gasteiger partial charge in [-0.1, -0.05) is 42.5 Å². The van der Waals surface area contributed by atoms with Crippen LogP contribution in [0.5, 0.6) is 0 Å². The molecule has 1 N–H and O–H groups in total. The van der Waals surface area contributed by atoms with E-state index < -0.39 is 0 Å². The van der Waals surface area contributed by atoms with E-state index in [0.717, 1.165) is 42.0 Å². The Bertz CT molecular complexity index is 1010. The molecule has 0 spiro atoms. The number of aromatic nitrogens is 1. The second-order valence-electron chi connectivity index (χ2n) is 7.29. The number of nitrogens with zero attached hydrogens (tertiary/aromatic N) is 2. The van der Waals surface area contributed by atoms with Crippen molar-refractivity contribution >= 4 is 23.1 Å². The minimum atomic E-state index is 0.0196. The third-order valence-corrected chi connectivity index (χ3v) is 5.63. The van der Waals surface area contributed by atoms with E-state index >= 15 is 0 Å². The second-order valence-corrected chi connectivity index (χ2v) is 7.29. The van der Waals surface area contributed by atoms with E-state index in [1.54, 1.807) is 6.20 Å². The highest BCUT2D eigenvalue weighted by Crippen LogP contribution is 2.37. The Morgan fingerprint density at radius 1 is 0.963 bits per heavy atom. The summed E-state index contributed by atoms with van der Waals surface area (Å²) < 4.78 is 0. The van der Waals surface area contributed by atoms with E-state index in [4.69, 9.17) is 0 Å². The van der Waals surface area contributed by atoms with Gasteiger partial charge in [0.05, 0.1) is 17.9 Å². The van der Waals surface area contributed by atoms with Crippen LogP contribution in [0.3, 0.4) is 0 Å². The van der Waals surface area contributed by atoms with Crippen molar-refractivity contribution in [3.63, 3.8) is 0 Å². The Hall–Kier alpha value is -3.14. The Balaban J connectivity index is 1.51. The molecule has 1 aliphatic heterocycles. The molecule has 0 saturated heterocycles. The van der Waals surface area contributed by atoms with Gasteiger partial charge in [0.1, 0.15) is 5.82 Å². The molecule has 0 saturated carbocycles. The number of hydrogen-bond donors (Lipinski definition) is 1. The van der Waals surface area contributed by atoms with Crippen LogP contribution in [0, 0.1) is 5.92 Å². The monoisotopic (exact) mass is 355 g/mol. The molecule has 1 atom stereocenters. The van der Waals surface area contributed by atoms with Gasteiger partial charge in [0.15, 0.2) is 0 Å². The number of hydrogen-bond acceptors (Lipinski definition) is 3. The fraction of sp³-hybridized carbons (Fsp3) is 0.217. The van der Waals surface area contributed by atoms with E-state index in [0.29, 0.717) is 6.54 Å². The van der Waals surface area contributed by atoms with Crippen LogP contribution < -0.4 is 10.2 Å². The van der Waals surface area contributed by atoms with Crippen molar-refractivity contribution in [2.45, 2.75) is 25.8 Å². The first-order valence-electron chi connectivity index (χ1n) is 9.48. The van der Waals surface area contributed by atoms with Crippen LogP contribution in [0.4, 0.5) is 17.2 Å². The summed E-state index contributed by atoms with van der Waals surface area (Å²) in [5.41, 5.74) is 5.59. The number of carbonyl (C=O) groups excluding carboxylic acids is 1. The number of pyridine rings is 1. The van der Waals surface area contributed by atoms with E-state index in [1.165, 1.54) is 11.1 Å². The quantitative estimate of drug-likeness (QED) is 0.700. The Labute approximate surface area is 158 Å². The standard InChI is InChI=1S/C23H21N3O/c27-23(18-12-11-16-6-1-2-7-17(16)14-18)26-15-19-8-5-13-24-22(19)25-20-9-3-4-10-21(20)26/h1-10,13,18H,11-12,14-15H2,(H,24,25). The van der Waals surface area contributed by atoms with Gasteiger partial charge in [0.25, 0.3) is 0 Å². The number of para-hydroxylation sites is 2. The highest BCUT2D eigenvalue weighted by atomic mass is 16.2. The Kier molecular flexibility index (Phi) is 3.89. The molecule has 134 valence electrons. The van der Waals surface area contributed by atoms with Crippen molar-refractivity contribution in [3.8, 4) is 0 Å². The molecule has 2 heterocycles. The lowest BCUT2D eigenvalue weighted by molar-refractivity contribution is -0.122. The number of fused-ring (bicyclic) bond motifs is 3. The Morgan fingerprint density at radius 3 is 2.67 bits per heavy atom. The number of nitrogens with one attached hydrogen (secondary N) is 1. The zero-order valence-electron chi connectivity index (χ0n) is 15.1. The van der Waals surface area contributed by atoms with Crippen LogP contribution in [0.25, 0.3) is 0 Å². The van der Waals surface area contributed by atoms with Crippen LogP contribution in [0.15, 0.2) is 66.9 Å². The molecule has 5 rings (SSSR count). The summed E-state index contributed by atoms with van der Waals surface area (Å²) in [5, 5.41) is 3.40. The third kappa shape index (κ3) is 2.87. The highest BCUT2D eigenvalue weighted by molar-refractivity contribution is 5.99. The van der Waals surface area contributed by atoms with Crippen LogP contribution in [0.2, 0.25) is 0 Å². The molecule has 0 bridgehead atoms. The molecule has 4 nitrogen and oxygen atoms in total. The van der Waals surface area contributed by atoms with Gasteiger partial charge in [-0.05, 0) is 48.6 Å². The predicted molar refractivity (Wildman–Crippen MR) is 107 cm³/mol. The molecular weight excluding hydrogens is 334 g/mol. The van der Waals surface area contributed by atoms with Crippen LogP contribution in [-0.4, -0.2) is 10.9 Å². The number of carbonyl (C=O) groups is 1. The minimum Gasteiger partial charge on any atom is -0.338 e. The van der Waals surface area contributed by atoms with Crippen molar-refractivity contribution in [1.82, 2.24) is 4.98 Å². The van der Waals surface area contributed by atoms with Gasteiger partial charge >= 0.3 is 0 Å². The molecule has 0 fully saturated rings. The zero-order chi connectivity index (χ0) is 18.2. The SMILES string of the molecule is O=C(C1CCc2ccccc2C1)N1Cc2cccnc2Nc2ccccc21. The molecule has 1 amide bonds. The summed E-state index contributed by atoms with van der Waals surface area (Å²) >= 11 is 0. The zero-order valence-corrected chi connectivity index (χ0v) is 15.1. The van der Waals surface area contributed by atoms with Crippen LogP contribution in [0.1, 0.15) is 23.1 Å². The van der Waals surface area contributed by atoms with Crippen LogP contribution >= 0.6 is 0 Å². The maximum absolute atomic E-state index is 13.6. The fourth-order valence-corrected chi connectivity index (χ4v) is 4.20. The van der Waals surface area contributed by atoms with Crippen molar-refractivity contribution in [3.05, 3.63) is 83.6 Å². The number of anilines is 3. The minimum absolute atomic E-state index is 0.0196. The lowest BCUT2D eigenvalue weighted by atomic mass is 9.83. The number of amides is 1. The van der Waals surface area contributed by atoms with E-state index in [-0.39, 0.29) is 11.8 Å². The summed E-state index contributed by atoms with van der Waals surface area (Å²) in [4.78, 5) is 20.0. The van der Waals surface area contributed by atoms with Crippen molar-refractivity contribution < 1.29 is 4.79 Å². The average molecular weight is 355 g/mol. The number of rotatable bonds is 1. The van der Waals surface area contributed by atoms with Gasteiger partial charge in [0.2, 0.25) is 5.91 Å². The maximum atomic E-state index is 13.6. The molecule has 4 heteroatoms. The van der Waals surface area contributed by atoms with Gasteiger partial charge in [0, 0.05) is 17.7 Å². The summed E-state index contributed by atoms with van der Waals surface area (Å²) in [6.07, 6.45) is 4.48. The average Bonchev–Trinajstić information content (AvgIpc) is 2.89. The molecule has 3 aromatic rings. The first kappa shape index (κ1) is 16.1. The molecule has 27 heavy (non-hydrogen) atoms. The molecule has 1 aromatic heterocycles. The van der Waals surface area contributed by atoms with Gasteiger partial charge in [-0.3, -0.25) is 4.79 Å². The Morgan fingerprint density at radius 2 is 1.74 bits per heavy atom. The largest absolute Gasteiger partial charge is 0.338 e. The van der Waals surface area contributed by atoms with E-state index in [1.807, 2.05) is 41.3 Å². The van der Waals surface area contributed by atoms with Crippen molar-refractivity contribution in [2.24, 2.45) is 5.92 Å². The van der Waals surface area contributed by atoms with E-state index in [9.17, 15) is 4.79 Å². The molecule has 0 radical (unpaired) electrons. The molecule has 2 aliphatic rings. The first-order valence-corrected chi connectivity index (χ1v) is 9.48. The normalized spacial score (nSPS) is 17.8. The van der Waals surface area contributed by atoms with Gasteiger partial charge in [-0.25, -0.2) is 4.98 Å². The summed E-state index contributed by atoms with van der Waals surface area (Å²) in [6, 6.07) is 20.5. The van der Waals surface area contributed by atoms with Crippen molar-refractivity contribution in [1.29, 1.82) is 0 Å². The van der Waals surface area contributed by atoms with Gasteiger partial charge < -0.3 is 10.2 Å². The summed E-state index contributed by atoms with van der Waals surface area (Å²) in [7, 11) is 0. The van der Waals surface area contributed by atoms with Gasteiger partial charge in [-0.15, -0.1) is 0 Å². The number of aryl methyl sites for hydroxylation is 1. The molecule has 2 aromatic carbocycles. The number of benzene rings is 2. The topological polar surface area (TPSA) is 45.2 Å². The molecule has 1 aliphatic carbocycles. The smallest absolute Gasteiger partial charge is 0.230 e. The third-order valence-electron chi connectivity index (χ3n) is 5.63. The summed E-state index contributed by atoms with van der Waals surface area (Å²) in [5.74, 6) is 1.05. The van der Waals surface area contributed by atoms with Crippen LogP contribution in [-0.2, 0) is 24.2 Å². The first-order chi connectivity index (χ1) is 13.3. The predicted octanol–water partition coefficient (Wildman–Crippen LogP) is 4.48. The highest BCUT2D eigenvalue weighted by Gasteiger charge is 2.31. The summed E-state index contributed by atoms with van der Waals surface area (Å²) in [6.45, 7) is 0.546. The lowest BCUT2D eigenvalue weighted by Crippen LogP contribution is -2.38. The fourth-order valence-electron chi connectivity index (χ4n) is 4.20. The molecular formula is C23H21N3O. The maximum Gasteiger partial charge on any atom is 0.230 e. The lowest BCUT2D eigenvalue weighted by Gasteiger charge is -2.30.